The molecule has 3 nitrogen and oxygen atoms in total. The minimum Gasteiger partial charge on any atom is -0.350 e. The maximum Gasteiger partial charge on any atom is 0.261 e. The predicted octanol–water partition coefficient (Wildman–Crippen LogP) is 1.57. The summed E-state index contributed by atoms with van der Waals surface area (Å²) in [6.07, 6.45) is 0.992. The number of nitrogens with one attached hydrogen (secondary N) is 2. The van der Waals surface area contributed by atoms with Gasteiger partial charge in [0, 0.05) is 18.0 Å². The van der Waals surface area contributed by atoms with Crippen LogP contribution in [0.25, 0.3) is 0 Å². The molecule has 1 aromatic heterocycles. The quantitative estimate of drug-likeness (QED) is 0.748. The van der Waals surface area contributed by atoms with E-state index in [9.17, 15) is 4.79 Å². The maximum absolute atomic E-state index is 11.7. The Morgan fingerprint density at radius 1 is 1.47 bits per heavy atom. The van der Waals surface area contributed by atoms with Gasteiger partial charge in [-0.3, -0.25) is 4.79 Å². The molecule has 0 saturated carbocycles. The van der Waals surface area contributed by atoms with Crippen molar-refractivity contribution in [2.45, 2.75) is 20.3 Å². The van der Waals surface area contributed by atoms with E-state index >= 15 is 0 Å². The van der Waals surface area contributed by atoms with Gasteiger partial charge in [-0.25, -0.2) is 0 Å². The fourth-order valence-corrected chi connectivity index (χ4v) is 2.40. The second-order valence-corrected chi connectivity index (χ2v) is 4.66. The monoisotopic (exact) mass is 226 g/mol. The Bertz CT molecular complexity index is 333. The minimum absolute atomic E-state index is 0.0399. The van der Waals surface area contributed by atoms with Crippen molar-refractivity contribution >= 4 is 17.2 Å². The summed E-state index contributed by atoms with van der Waals surface area (Å²) in [5.41, 5.74) is 1.28. The third kappa shape index (κ3) is 3.32. The van der Waals surface area contributed by atoms with Gasteiger partial charge in [0.25, 0.3) is 5.91 Å². The molecule has 1 rings (SSSR count). The molecule has 1 amide bonds. The Morgan fingerprint density at radius 3 is 2.73 bits per heavy atom. The van der Waals surface area contributed by atoms with Crippen LogP contribution < -0.4 is 10.6 Å². The lowest BCUT2D eigenvalue weighted by Gasteiger charge is -2.01. The highest BCUT2D eigenvalue weighted by Crippen LogP contribution is 2.21. The van der Waals surface area contributed by atoms with E-state index in [0.717, 1.165) is 17.8 Å². The van der Waals surface area contributed by atoms with Crippen LogP contribution in [-0.4, -0.2) is 26.0 Å². The lowest BCUT2D eigenvalue weighted by atomic mass is 10.2. The first-order valence-corrected chi connectivity index (χ1v) is 6.02. The first-order valence-electron chi connectivity index (χ1n) is 5.21. The molecule has 15 heavy (non-hydrogen) atoms. The molecule has 0 bridgehead atoms. The summed E-state index contributed by atoms with van der Waals surface area (Å²) in [4.78, 5) is 13.7. The molecular formula is C11H18N2OS. The molecule has 0 spiro atoms. The highest BCUT2D eigenvalue weighted by molar-refractivity contribution is 7.14. The summed E-state index contributed by atoms with van der Waals surface area (Å²) in [7, 11) is 1.87. The number of thiophene rings is 1. The zero-order valence-electron chi connectivity index (χ0n) is 9.52. The lowest BCUT2D eigenvalue weighted by Crippen LogP contribution is -2.29. The molecule has 84 valence electrons. The second kappa shape index (κ2) is 5.88. The Balaban J connectivity index is 2.58. The number of amides is 1. The number of carbonyl (C=O) groups excluding carboxylic acids is 1. The smallest absolute Gasteiger partial charge is 0.261 e. The number of likely N-dealkylation sites (N-methyl/N-ethyl adjacent to an activating group) is 1. The summed E-state index contributed by atoms with van der Waals surface area (Å²) in [5, 5.41) is 5.86. The van der Waals surface area contributed by atoms with Crippen molar-refractivity contribution in [2.75, 3.05) is 20.1 Å². The topological polar surface area (TPSA) is 41.1 Å². The van der Waals surface area contributed by atoms with Crippen molar-refractivity contribution < 1.29 is 4.79 Å². The largest absolute Gasteiger partial charge is 0.350 e. The van der Waals surface area contributed by atoms with Crippen LogP contribution in [0, 0.1) is 6.92 Å². The molecule has 1 heterocycles. The van der Waals surface area contributed by atoms with E-state index in [4.69, 9.17) is 0 Å². The molecular weight excluding hydrogens is 208 g/mol. The van der Waals surface area contributed by atoms with E-state index in [2.05, 4.69) is 24.5 Å². The molecule has 0 aliphatic carbocycles. The van der Waals surface area contributed by atoms with Gasteiger partial charge in [0.15, 0.2) is 0 Å². The van der Waals surface area contributed by atoms with Gasteiger partial charge in [-0.15, -0.1) is 11.3 Å². The molecule has 1 aromatic rings. The van der Waals surface area contributed by atoms with Crippen molar-refractivity contribution in [1.29, 1.82) is 0 Å². The van der Waals surface area contributed by atoms with Crippen molar-refractivity contribution in [3.63, 3.8) is 0 Å². The van der Waals surface area contributed by atoms with E-state index in [1.54, 1.807) is 11.3 Å². The standard InChI is InChI=1S/C11H18N2OS/c1-4-9-7-10(15-8(9)2)11(14)13-6-5-12-3/h7,12H,4-6H2,1-3H3,(H,13,14). The van der Waals surface area contributed by atoms with E-state index < -0.39 is 0 Å². The summed E-state index contributed by atoms with van der Waals surface area (Å²) in [5.74, 6) is 0.0399. The number of aryl methyl sites for hydroxylation is 2. The SMILES string of the molecule is CCc1cc(C(=O)NCCNC)sc1C. The van der Waals surface area contributed by atoms with E-state index in [0.29, 0.717) is 6.54 Å². The third-order valence-electron chi connectivity index (χ3n) is 2.29. The van der Waals surface area contributed by atoms with E-state index in [1.165, 1.54) is 10.4 Å². The fourth-order valence-electron chi connectivity index (χ4n) is 1.37. The molecule has 0 aromatic carbocycles. The normalized spacial score (nSPS) is 10.3. The van der Waals surface area contributed by atoms with Crippen LogP contribution in [0.15, 0.2) is 6.07 Å². The zero-order valence-corrected chi connectivity index (χ0v) is 10.3. The average Bonchev–Trinajstić information content (AvgIpc) is 2.60. The first kappa shape index (κ1) is 12.2. The third-order valence-corrected chi connectivity index (χ3v) is 3.38. The van der Waals surface area contributed by atoms with E-state index in [-0.39, 0.29) is 5.91 Å². The van der Waals surface area contributed by atoms with Gasteiger partial charge >= 0.3 is 0 Å². The molecule has 0 atom stereocenters. The Hall–Kier alpha value is -0.870. The summed E-state index contributed by atoms with van der Waals surface area (Å²) in [6.45, 7) is 5.65. The van der Waals surface area contributed by atoms with Gasteiger partial charge in [0.2, 0.25) is 0 Å². The molecule has 0 aliphatic heterocycles. The van der Waals surface area contributed by atoms with Crippen molar-refractivity contribution in [3.8, 4) is 0 Å². The van der Waals surface area contributed by atoms with Gasteiger partial charge in [-0.2, -0.15) is 0 Å². The van der Waals surface area contributed by atoms with Crippen LogP contribution in [0.3, 0.4) is 0 Å². The van der Waals surface area contributed by atoms with Crippen LogP contribution in [0.5, 0.6) is 0 Å². The highest BCUT2D eigenvalue weighted by Gasteiger charge is 2.10. The van der Waals surface area contributed by atoms with Crippen molar-refractivity contribution in [3.05, 3.63) is 21.4 Å². The Morgan fingerprint density at radius 2 is 2.20 bits per heavy atom. The molecule has 0 fully saturated rings. The van der Waals surface area contributed by atoms with Gasteiger partial charge in [-0.05, 0) is 32.0 Å². The molecule has 0 unspecified atom stereocenters. The Kier molecular flexibility index (Phi) is 4.78. The fraction of sp³-hybridized carbons (Fsp3) is 0.545. The molecule has 2 N–H and O–H groups in total. The molecule has 0 saturated heterocycles. The van der Waals surface area contributed by atoms with Gasteiger partial charge in [0.05, 0.1) is 4.88 Å². The number of carbonyl (C=O) groups is 1. The predicted molar refractivity (Wildman–Crippen MR) is 64.7 cm³/mol. The van der Waals surface area contributed by atoms with Crippen LogP contribution in [0.1, 0.15) is 27.0 Å². The molecule has 0 aliphatic rings. The van der Waals surface area contributed by atoms with Crippen LogP contribution in [-0.2, 0) is 6.42 Å². The van der Waals surface area contributed by atoms with Crippen molar-refractivity contribution in [1.82, 2.24) is 10.6 Å². The average molecular weight is 226 g/mol. The Labute approximate surface area is 94.9 Å². The van der Waals surface area contributed by atoms with Crippen LogP contribution in [0.2, 0.25) is 0 Å². The minimum atomic E-state index is 0.0399. The van der Waals surface area contributed by atoms with Crippen LogP contribution in [0.4, 0.5) is 0 Å². The highest BCUT2D eigenvalue weighted by atomic mass is 32.1. The second-order valence-electron chi connectivity index (χ2n) is 3.41. The van der Waals surface area contributed by atoms with Gasteiger partial charge in [-0.1, -0.05) is 6.92 Å². The lowest BCUT2D eigenvalue weighted by molar-refractivity contribution is 0.0958. The zero-order chi connectivity index (χ0) is 11.3. The first-order chi connectivity index (χ1) is 7.19. The van der Waals surface area contributed by atoms with Crippen molar-refractivity contribution in [2.24, 2.45) is 0 Å². The molecule has 4 heteroatoms. The molecule has 0 radical (unpaired) electrons. The van der Waals surface area contributed by atoms with Gasteiger partial charge in [0.1, 0.15) is 0 Å². The number of rotatable bonds is 5. The summed E-state index contributed by atoms with van der Waals surface area (Å²) >= 11 is 1.57. The summed E-state index contributed by atoms with van der Waals surface area (Å²) < 4.78 is 0. The van der Waals surface area contributed by atoms with Gasteiger partial charge < -0.3 is 10.6 Å². The van der Waals surface area contributed by atoms with E-state index in [1.807, 2.05) is 13.1 Å². The number of hydrogen-bond acceptors (Lipinski definition) is 3. The van der Waals surface area contributed by atoms with Crippen LogP contribution >= 0.6 is 11.3 Å². The summed E-state index contributed by atoms with van der Waals surface area (Å²) in [6, 6.07) is 1.99. The number of hydrogen-bond donors (Lipinski definition) is 2. The maximum atomic E-state index is 11.7.